The fraction of sp³-hybridized carbons (Fsp3) is 0.286. The summed E-state index contributed by atoms with van der Waals surface area (Å²) in [7, 11) is -4.00. The van der Waals surface area contributed by atoms with E-state index in [4.69, 9.17) is 14.6 Å². The highest BCUT2D eigenvalue weighted by Gasteiger charge is 2.30. The molecule has 3 N–H and O–H groups in total. The second kappa shape index (κ2) is 6.85. The highest BCUT2D eigenvalue weighted by Crippen LogP contribution is 2.44. The largest absolute Gasteiger partial charge is 0.481 e. The van der Waals surface area contributed by atoms with Gasteiger partial charge in [-0.15, -0.1) is 0 Å². The molecule has 0 fully saturated rings. The summed E-state index contributed by atoms with van der Waals surface area (Å²) in [6, 6.07) is 5.12. The van der Waals surface area contributed by atoms with Crippen molar-refractivity contribution in [2.45, 2.75) is 12.7 Å². The monoisotopic (exact) mass is 341 g/mol. The number of amides is 1. The first-order chi connectivity index (χ1) is 10.8. The van der Waals surface area contributed by atoms with Crippen molar-refractivity contribution in [1.29, 1.82) is 0 Å². The summed E-state index contributed by atoms with van der Waals surface area (Å²) in [5.41, 5.74) is 0.690. The van der Waals surface area contributed by atoms with Gasteiger partial charge in [-0.1, -0.05) is 6.07 Å². The SMILES string of the molecule is C[C@@H](NC(=O)/C=C/c1ccc2c(c1)OCO2)P(=O)(O)CC(=O)O. The molecule has 2 atom stereocenters. The van der Waals surface area contributed by atoms with Gasteiger partial charge in [-0.25, -0.2) is 0 Å². The Kier molecular flexibility index (Phi) is 5.08. The van der Waals surface area contributed by atoms with E-state index in [-0.39, 0.29) is 6.79 Å². The lowest BCUT2D eigenvalue weighted by Crippen LogP contribution is -2.32. The first kappa shape index (κ1) is 17.1. The average molecular weight is 341 g/mol. The molecule has 124 valence electrons. The van der Waals surface area contributed by atoms with Crippen LogP contribution in [-0.4, -0.2) is 40.6 Å². The van der Waals surface area contributed by atoms with E-state index in [1.54, 1.807) is 18.2 Å². The number of benzene rings is 1. The molecular weight excluding hydrogens is 325 g/mol. The van der Waals surface area contributed by atoms with Gasteiger partial charge >= 0.3 is 5.97 Å². The zero-order valence-electron chi connectivity index (χ0n) is 12.3. The third-order valence-corrected chi connectivity index (χ3v) is 5.20. The molecule has 1 aromatic rings. The van der Waals surface area contributed by atoms with Crippen molar-refractivity contribution in [1.82, 2.24) is 5.32 Å². The van der Waals surface area contributed by atoms with Gasteiger partial charge < -0.3 is 24.8 Å². The van der Waals surface area contributed by atoms with Gasteiger partial charge in [0.15, 0.2) is 11.5 Å². The maximum atomic E-state index is 11.8. The summed E-state index contributed by atoms with van der Waals surface area (Å²) in [4.78, 5) is 31.9. The second-order valence-electron chi connectivity index (χ2n) is 4.94. The van der Waals surface area contributed by atoms with Crippen molar-refractivity contribution in [2.75, 3.05) is 13.0 Å². The number of carbonyl (C=O) groups excluding carboxylic acids is 1. The van der Waals surface area contributed by atoms with Crippen LogP contribution in [0.5, 0.6) is 11.5 Å². The Labute approximate surface area is 132 Å². The molecule has 0 radical (unpaired) electrons. The van der Waals surface area contributed by atoms with Crippen LogP contribution < -0.4 is 14.8 Å². The molecule has 8 nitrogen and oxygen atoms in total. The predicted molar refractivity (Wildman–Crippen MR) is 81.5 cm³/mol. The van der Waals surface area contributed by atoms with E-state index in [1.807, 2.05) is 0 Å². The van der Waals surface area contributed by atoms with E-state index in [1.165, 1.54) is 19.1 Å². The Hall–Kier alpha value is -2.31. The molecule has 1 heterocycles. The number of nitrogens with one attached hydrogen (secondary N) is 1. The number of carboxylic acids is 1. The Morgan fingerprint density at radius 3 is 2.78 bits per heavy atom. The smallest absolute Gasteiger partial charge is 0.313 e. The summed E-state index contributed by atoms with van der Waals surface area (Å²) in [5, 5.41) is 10.9. The van der Waals surface area contributed by atoms with E-state index >= 15 is 0 Å². The highest BCUT2D eigenvalue weighted by molar-refractivity contribution is 7.59. The summed E-state index contributed by atoms with van der Waals surface area (Å²) >= 11 is 0. The molecule has 0 saturated heterocycles. The van der Waals surface area contributed by atoms with Gasteiger partial charge in [0.2, 0.25) is 20.1 Å². The number of ether oxygens (including phenoxy) is 2. The molecule has 1 aromatic carbocycles. The molecule has 0 bridgehead atoms. The summed E-state index contributed by atoms with van der Waals surface area (Å²) in [6.07, 6.45) is 1.79. The molecule has 2 rings (SSSR count). The van der Waals surface area contributed by atoms with Crippen molar-refractivity contribution in [3.8, 4) is 11.5 Å². The first-order valence-corrected chi connectivity index (χ1v) is 8.61. The third kappa shape index (κ3) is 4.58. The maximum absolute atomic E-state index is 11.8. The van der Waals surface area contributed by atoms with Crippen LogP contribution in [0.1, 0.15) is 12.5 Å². The first-order valence-electron chi connectivity index (χ1n) is 6.69. The van der Waals surface area contributed by atoms with Crippen LogP contribution in [0.4, 0.5) is 0 Å². The van der Waals surface area contributed by atoms with Crippen molar-refractivity contribution in [2.24, 2.45) is 0 Å². The molecule has 1 unspecified atom stereocenters. The second-order valence-corrected chi connectivity index (χ2v) is 7.54. The fourth-order valence-corrected chi connectivity index (χ4v) is 2.86. The Morgan fingerprint density at radius 2 is 2.09 bits per heavy atom. The molecule has 1 amide bonds. The number of rotatable bonds is 6. The predicted octanol–water partition coefficient (Wildman–Crippen LogP) is 1.25. The highest BCUT2D eigenvalue weighted by atomic mass is 31.2. The number of fused-ring (bicyclic) bond motifs is 1. The molecule has 1 aliphatic heterocycles. The average Bonchev–Trinajstić information content (AvgIpc) is 2.91. The lowest BCUT2D eigenvalue weighted by Gasteiger charge is -2.18. The lowest BCUT2D eigenvalue weighted by atomic mass is 10.2. The Balaban J connectivity index is 1.96. The van der Waals surface area contributed by atoms with Crippen molar-refractivity contribution in [3.05, 3.63) is 29.8 Å². The number of aliphatic carboxylic acids is 1. The summed E-state index contributed by atoms with van der Waals surface area (Å²) in [5.74, 6) is -1.97. The van der Waals surface area contributed by atoms with E-state index in [0.29, 0.717) is 17.1 Å². The molecule has 9 heteroatoms. The zero-order chi connectivity index (χ0) is 17.0. The van der Waals surface area contributed by atoms with E-state index < -0.39 is 31.2 Å². The van der Waals surface area contributed by atoms with Crippen LogP contribution in [-0.2, 0) is 14.2 Å². The van der Waals surface area contributed by atoms with Gasteiger partial charge in [-0.05, 0) is 30.7 Å². The van der Waals surface area contributed by atoms with Crippen LogP contribution in [0.2, 0.25) is 0 Å². The Morgan fingerprint density at radius 1 is 1.39 bits per heavy atom. The van der Waals surface area contributed by atoms with Gasteiger partial charge in [0.05, 0.1) is 0 Å². The minimum Gasteiger partial charge on any atom is -0.481 e. The molecule has 1 aliphatic rings. The van der Waals surface area contributed by atoms with Crippen LogP contribution >= 0.6 is 7.37 Å². The number of carbonyl (C=O) groups is 2. The number of hydrogen-bond acceptors (Lipinski definition) is 5. The van der Waals surface area contributed by atoms with Crippen LogP contribution in [0.25, 0.3) is 6.08 Å². The van der Waals surface area contributed by atoms with Gasteiger partial charge in [0, 0.05) is 6.08 Å². The quantitative estimate of drug-likeness (QED) is 0.525. The van der Waals surface area contributed by atoms with Crippen LogP contribution in [0.15, 0.2) is 24.3 Å². The molecular formula is C14H16NO7P. The molecule has 0 spiro atoms. The molecule has 0 saturated carbocycles. The van der Waals surface area contributed by atoms with Crippen LogP contribution in [0.3, 0.4) is 0 Å². The fourth-order valence-electron chi connectivity index (χ4n) is 1.87. The minimum atomic E-state index is -4.00. The lowest BCUT2D eigenvalue weighted by molar-refractivity contribution is -0.134. The van der Waals surface area contributed by atoms with Crippen molar-refractivity contribution >= 4 is 25.3 Å². The molecule has 0 aliphatic carbocycles. The van der Waals surface area contributed by atoms with Crippen molar-refractivity contribution in [3.63, 3.8) is 0 Å². The maximum Gasteiger partial charge on any atom is 0.313 e. The normalized spacial score (nSPS) is 16.8. The van der Waals surface area contributed by atoms with E-state index in [9.17, 15) is 19.0 Å². The van der Waals surface area contributed by atoms with Gasteiger partial charge in [0.1, 0.15) is 11.9 Å². The number of hydrogen-bond donors (Lipinski definition) is 3. The van der Waals surface area contributed by atoms with Crippen LogP contribution in [0, 0.1) is 0 Å². The third-order valence-electron chi connectivity index (χ3n) is 3.14. The number of carboxylic acid groups (broad SMARTS) is 1. The van der Waals surface area contributed by atoms with Crippen molar-refractivity contribution < 1.29 is 33.6 Å². The summed E-state index contributed by atoms with van der Waals surface area (Å²) < 4.78 is 22.1. The van der Waals surface area contributed by atoms with E-state index in [2.05, 4.69) is 5.32 Å². The molecule has 0 aromatic heterocycles. The topological polar surface area (TPSA) is 122 Å². The zero-order valence-corrected chi connectivity index (χ0v) is 13.2. The summed E-state index contributed by atoms with van der Waals surface area (Å²) in [6.45, 7) is 1.44. The minimum absolute atomic E-state index is 0.149. The van der Waals surface area contributed by atoms with Gasteiger partial charge in [-0.2, -0.15) is 0 Å². The standard InChI is InChI=1S/C14H16NO7P/c1-9(23(19,20)7-14(17)18)15-13(16)5-3-10-2-4-11-12(6-10)22-8-21-11/h2-6,9H,7-8H2,1H3,(H,15,16)(H,17,18)(H,19,20)/b5-3+/t9-/m0/s1. The Bertz CT molecular complexity index is 700. The van der Waals surface area contributed by atoms with Gasteiger partial charge in [0.25, 0.3) is 0 Å². The van der Waals surface area contributed by atoms with Gasteiger partial charge in [-0.3, -0.25) is 14.2 Å². The van der Waals surface area contributed by atoms with E-state index in [0.717, 1.165) is 0 Å². The molecule has 23 heavy (non-hydrogen) atoms.